The van der Waals surface area contributed by atoms with Crippen LogP contribution in [0.2, 0.25) is 5.02 Å². The van der Waals surface area contributed by atoms with Crippen molar-refractivity contribution >= 4 is 22.6 Å². The SMILES string of the molecule is CC(C)(N)c1cc2ncc(Cl)cc2[nH]1. The molecule has 0 aromatic carbocycles. The summed E-state index contributed by atoms with van der Waals surface area (Å²) in [5.41, 5.74) is 8.36. The van der Waals surface area contributed by atoms with Crippen molar-refractivity contribution in [1.82, 2.24) is 9.97 Å². The van der Waals surface area contributed by atoms with Gasteiger partial charge in [-0.3, -0.25) is 4.98 Å². The third-order valence-corrected chi connectivity index (χ3v) is 2.34. The number of aromatic amines is 1. The Kier molecular flexibility index (Phi) is 2.01. The maximum Gasteiger partial charge on any atom is 0.0883 e. The van der Waals surface area contributed by atoms with Crippen molar-refractivity contribution in [2.75, 3.05) is 0 Å². The van der Waals surface area contributed by atoms with E-state index in [-0.39, 0.29) is 5.54 Å². The maximum absolute atomic E-state index is 5.97. The van der Waals surface area contributed by atoms with Gasteiger partial charge in [-0.25, -0.2) is 0 Å². The second kappa shape index (κ2) is 2.97. The number of halogens is 1. The second-order valence-electron chi connectivity index (χ2n) is 3.99. The lowest BCUT2D eigenvalue weighted by molar-refractivity contribution is 0.540. The van der Waals surface area contributed by atoms with Crippen LogP contribution in [0.3, 0.4) is 0 Å². The highest BCUT2D eigenvalue weighted by Crippen LogP contribution is 2.22. The van der Waals surface area contributed by atoms with Gasteiger partial charge in [-0.05, 0) is 26.0 Å². The third kappa shape index (κ3) is 1.61. The molecule has 2 aromatic rings. The molecule has 0 aliphatic carbocycles. The minimum atomic E-state index is -0.382. The molecule has 14 heavy (non-hydrogen) atoms. The molecule has 0 unspecified atom stereocenters. The van der Waals surface area contributed by atoms with Crippen LogP contribution in [-0.2, 0) is 5.54 Å². The second-order valence-corrected chi connectivity index (χ2v) is 4.43. The van der Waals surface area contributed by atoms with Crippen molar-refractivity contribution in [2.24, 2.45) is 5.73 Å². The van der Waals surface area contributed by atoms with Crippen molar-refractivity contribution in [1.29, 1.82) is 0 Å². The van der Waals surface area contributed by atoms with Gasteiger partial charge in [0.1, 0.15) is 0 Å². The Labute approximate surface area is 87.3 Å². The number of aromatic nitrogens is 2. The highest BCUT2D eigenvalue weighted by atomic mass is 35.5. The Morgan fingerprint density at radius 3 is 2.79 bits per heavy atom. The average Bonchev–Trinajstić information content (AvgIpc) is 2.45. The van der Waals surface area contributed by atoms with E-state index in [1.807, 2.05) is 26.0 Å². The molecule has 0 fully saturated rings. The van der Waals surface area contributed by atoms with Gasteiger partial charge in [0.05, 0.1) is 21.6 Å². The first kappa shape index (κ1) is 9.49. The number of H-pyrrole nitrogens is 1. The molecule has 0 spiro atoms. The van der Waals surface area contributed by atoms with Crippen LogP contribution in [0, 0.1) is 0 Å². The molecule has 2 rings (SSSR count). The predicted molar refractivity (Wildman–Crippen MR) is 58.3 cm³/mol. The molecule has 0 amide bonds. The molecule has 0 saturated carbocycles. The van der Waals surface area contributed by atoms with Crippen molar-refractivity contribution in [3.63, 3.8) is 0 Å². The molecule has 0 aliphatic rings. The minimum absolute atomic E-state index is 0.382. The van der Waals surface area contributed by atoms with E-state index in [0.717, 1.165) is 16.7 Å². The van der Waals surface area contributed by atoms with Gasteiger partial charge in [-0.15, -0.1) is 0 Å². The molecule has 0 bridgehead atoms. The fraction of sp³-hybridized carbons (Fsp3) is 0.300. The summed E-state index contributed by atoms with van der Waals surface area (Å²) < 4.78 is 0. The molecular weight excluding hydrogens is 198 g/mol. The molecule has 3 N–H and O–H groups in total. The first-order valence-corrected chi connectivity index (χ1v) is 4.78. The van der Waals surface area contributed by atoms with Gasteiger partial charge in [-0.2, -0.15) is 0 Å². The average molecular weight is 210 g/mol. The van der Waals surface area contributed by atoms with E-state index in [2.05, 4.69) is 9.97 Å². The van der Waals surface area contributed by atoms with Crippen LogP contribution in [-0.4, -0.2) is 9.97 Å². The minimum Gasteiger partial charge on any atom is -0.356 e. The standard InChI is InChI=1S/C10H12ClN3/c1-10(2,12)9-4-7-8(14-9)3-6(11)5-13-7/h3-5,14H,12H2,1-2H3. The number of hydrogen-bond acceptors (Lipinski definition) is 2. The molecule has 3 nitrogen and oxygen atoms in total. The summed E-state index contributed by atoms with van der Waals surface area (Å²) >= 11 is 5.83. The fourth-order valence-electron chi connectivity index (χ4n) is 1.33. The van der Waals surface area contributed by atoms with Crippen molar-refractivity contribution in [3.8, 4) is 0 Å². The molecule has 2 aromatic heterocycles. The maximum atomic E-state index is 5.97. The number of nitrogens with one attached hydrogen (secondary N) is 1. The highest BCUT2D eigenvalue weighted by molar-refractivity contribution is 6.31. The summed E-state index contributed by atoms with van der Waals surface area (Å²) in [7, 11) is 0. The normalized spacial score (nSPS) is 12.3. The zero-order valence-electron chi connectivity index (χ0n) is 8.13. The summed E-state index contributed by atoms with van der Waals surface area (Å²) in [5, 5.41) is 0.626. The number of hydrogen-bond donors (Lipinski definition) is 2. The van der Waals surface area contributed by atoms with Gasteiger partial charge >= 0.3 is 0 Å². The van der Waals surface area contributed by atoms with Gasteiger partial charge in [0.15, 0.2) is 0 Å². The molecule has 2 heterocycles. The Bertz CT molecular complexity index is 468. The first-order chi connectivity index (χ1) is 6.47. The molecule has 0 aliphatic heterocycles. The summed E-state index contributed by atoms with van der Waals surface area (Å²) in [4.78, 5) is 7.40. The number of rotatable bonds is 1. The Balaban J connectivity index is 2.63. The van der Waals surface area contributed by atoms with Crippen LogP contribution in [0.1, 0.15) is 19.5 Å². The molecule has 74 valence electrons. The zero-order valence-corrected chi connectivity index (χ0v) is 8.89. The van der Waals surface area contributed by atoms with E-state index in [4.69, 9.17) is 17.3 Å². The van der Waals surface area contributed by atoms with E-state index < -0.39 is 0 Å². The van der Waals surface area contributed by atoms with Crippen molar-refractivity contribution in [2.45, 2.75) is 19.4 Å². The van der Waals surface area contributed by atoms with Crippen LogP contribution in [0.5, 0.6) is 0 Å². The molecule has 0 saturated heterocycles. The van der Waals surface area contributed by atoms with Crippen LogP contribution in [0.25, 0.3) is 11.0 Å². The topological polar surface area (TPSA) is 54.7 Å². The summed E-state index contributed by atoms with van der Waals surface area (Å²) in [6.07, 6.45) is 1.63. The van der Waals surface area contributed by atoms with E-state index in [1.54, 1.807) is 6.20 Å². The van der Waals surface area contributed by atoms with Crippen molar-refractivity contribution in [3.05, 3.63) is 29.0 Å². The highest BCUT2D eigenvalue weighted by Gasteiger charge is 2.16. The van der Waals surface area contributed by atoms with Crippen LogP contribution < -0.4 is 5.73 Å². The summed E-state index contributed by atoms with van der Waals surface area (Å²) in [6, 6.07) is 3.80. The van der Waals surface area contributed by atoms with E-state index >= 15 is 0 Å². The van der Waals surface area contributed by atoms with Crippen LogP contribution in [0.4, 0.5) is 0 Å². The van der Waals surface area contributed by atoms with E-state index in [1.165, 1.54) is 0 Å². The lowest BCUT2D eigenvalue weighted by atomic mass is 10.0. The lowest BCUT2D eigenvalue weighted by Crippen LogP contribution is -2.28. The van der Waals surface area contributed by atoms with E-state index in [0.29, 0.717) is 5.02 Å². The number of nitrogens with zero attached hydrogens (tertiary/aromatic N) is 1. The largest absolute Gasteiger partial charge is 0.356 e. The smallest absolute Gasteiger partial charge is 0.0883 e. The summed E-state index contributed by atoms with van der Waals surface area (Å²) in [5.74, 6) is 0. The number of nitrogens with two attached hydrogens (primary N) is 1. The molecule has 0 radical (unpaired) electrons. The lowest BCUT2D eigenvalue weighted by Gasteiger charge is -2.15. The quantitative estimate of drug-likeness (QED) is 0.758. The molecule has 4 heteroatoms. The van der Waals surface area contributed by atoms with Gasteiger partial charge in [0.25, 0.3) is 0 Å². The Morgan fingerprint density at radius 1 is 1.43 bits per heavy atom. The third-order valence-electron chi connectivity index (χ3n) is 2.13. The van der Waals surface area contributed by atoms with Crippen molar-refractivity contribution < 1.29 is 0 Å². The number of fused-ring (bicyclic) bond motifs is 1. The Morgan fingerprint density at radius 2 is 2.14 bits per heavy atom. The van der Waals surface area contributed by atoms with E-state index in [9.17, 15) is 0 Å². The number of pyridine rings is 1. The zero-order chi connectivity index (χ0) is 10.3. The van der Waals surface area contributed by atoms with Gasteiger partial charge in [0, 0.05) is 11.9 Å². The summed E-state index contributed by atoms with van der Waals surface area (Å²) in [6.45, 7) is 3.89. The molecular formula is C10H12ClN3. The molecule has 0 atom stereocenters. The van der Waals surface area contributed by atoms with Gasteiger partial charge in [-0.1, -0.05) is 11.6 Å². The van der Waals surface area contributed by atoms with Gasteiger partial charge < -0.3 is 10.7 Å². The predicted octanol–water partition coefficient (Wildman–Crippen LogP) is 2.41. The monoisotopic (exact) mass is 209 g/mol. The fourth-order valence-corrected chi connectivity index (χ4v) is 1.49. The van der Waals surface area contributed by atoms with Crippen LogP contribution >= 0.6 is 11.6 Å². The Hall–Kier alpha value is -1.06. The first-order valence-electron chi connectivity index (χ1n) is 4.40. The van der Waals surface area contributed by atoms with Crippen LogP contribution in [0.15, 0.2) is 18.3 Å². The van der Waals surface area contributed by atoms with Gasteiger partial charge in [0.2, 0.25) is 0 Å².